The van der Waals surface area contributed by atoms with Crippen molar-refractivity contribution in [2.75, 3.05) is 6.54 Å². The molecule has 0 spiro atoms. The highest BCUT2D eigenvalue weighted by Gasteiger charge is 2.19. The Morgan fingerprint density at radius 3 is 2.79 bits per heavy atom. The molecule has 4 aromatic rings. The fourth-order valence-electron chi connectivity index (χ4n) is 4.32. The Balaban J connectivity index is 1.26. The summed E-state index contributed by atoms with van der Waals surface area (Å²) in [5, 5.41) is 5.46. The zero-order chi connectivity index (χ0) is 23.5. The second-order valence-electron chi connectivity index (χ2n) is 8.59. The zero-order valence-corrected chi connectivity index (χ0v) is 20.5. The number of nitrogens with zero attached hydrogens (tertiary/aromatic N) is 5. The second kappa shape index (κ2) is 9.77. The van der Waals surface area contributed by atoms with Gasteiger partial charge in [-0.3, -0.25) is 0 Å². The minimum atomic E-state index is 0.879. The molecular weight excluding hydrogens is 438 g/mol. The maximum Gasteiger partial charge on any atom is 0.0995 e. The van der Waals surface area contributed by atoms with E-state index in [0.717, 1.165) is 48.0 Å². The number of benzene rings is 2. The first-order chi connectivity index (χ1) is 16.6. The highest BCUT2D eigenvalue weighted by Crippen LogP contribution is 2.33. The molecule has 5 nitrogen and oxygen atoms in total. The first-order valence-corrected chi connectivity index (χ1v) is 12.4. The van der Waals surface area contributed by atoms with Gasteiger partial charge in [0.25, 0.3) is 0 Å². The fraction of sp³-hybridized carbons (Fsp3) is 0.214. The molecule has 0 saturated carbocycles. The van der Waals surface area contributed by atoms with Gasteiger partial charge in [0.1, 0.15) is 0 Å². The Morgan fingerprint density at radius 2 is 2.03 bits per heavy atom. The van der Waals surface area contributed by atoms with Crippen molar-refractivity contribution in [3.63, 3.8) is 0 Å². The molecule has 0 atom stereocenters. The number of aromatic nitrogens is 4. The summed E-state index contributed by atoms with van der Waals surface area (Å²) in [5.41, 5.74) is 7.33. The van der Waals surface area contributed by atoms with E-state index in [-0.39, 0.29) is 0 Å². The lowest BCUT2D eigenvalue weighted by molar-refractivity contribution is 0.345. The van der Waals surface area contributed by atoms with Crippen molar-refractivity contribution in [1.82, 2.24) is 24.2 Å². The summed E-state index contributed by atoms with van der Waals surface area (Å²) in [7, 11) is 0. The van der Waals surface area contributed by atoms with Crippen LogP contribution in [0.25, 0.3) is 11.4 Å². The van der Waals surface area contributed by atoms with E-state index < -0.39 is 0 Å². The minimum Gasteiger partial charge on any atom is -0.362 e. The topological polar surface area (TPSA) is 38.9 Å². The highest BCUT2D eigenvalue weighted by molar-refractivity contribution is 8.06. The van der Waals surface area contributed by atoms with E-state index >= 15 is 0 Å². The van der Waals surface area contributed by atoms with E-state index in [2.05, 4.69) is 87.8 Å². The van der Waals surface area contributed by atoms with Gasteiger partial charge in [-0.25, -0.2) is 9.67 Å². The van der Waals surface area contributed by atoms with Gasteiger partial charge in [-0.1, -0.05) is 42.6 Å². The van der Waals surface area contributed by atoms with Gasteiger partial charge in [0, 0.05) is 43.8 Å². The van der Waals surface area contributed by atoms with Crippen LogP contribution in [0.1, 0.15) is 29.3 Å². The Labute approximate surface area is 205 Å². The molecule has 172 valence electrons. The Kier molecular flexibility index (Phi) is 6.41. The Bertz CT molecular complexity index is 1330. The molecule has 34 heavy (non-hydrogen) atoms. The van der Waals surface area contributed by atoms with Crippen LogP contribution in [0.3, 0.4) is 0 Å². The standard InChI is InChI=1S/C28H29N5S/c1-4-28(16-23-7-5-8-27(15-23)33-13-6-12-30-33)34-22(3)31-14-11-24-9-10-26(17-25(24)19-31)32-18-21(2)29-20-32/h4-10,12-13,15,17-18,20H,3,11,14,16,19H2,1-2H3/b28-4-. The van der Waals surface area contributed by atoms with Crippen LogP contribution >= 0.6 is 11.8 Å². The van der Waals surface area contributed by atoms with Gasteiger partial charge in [0.05, 0.1) is 22.7 Å². The number of imidazole rings is 1. The maximum atomic E-state index is 4.44. The number of rotatable bonds is 7. The van der Waals surface area contributed by atoms with Crippen LogP contribution in [0.5, 0.6) is 0 Å². The van der Waals surface area contributed by atoms with Gasteiger partial charge in [0.15, 0.2) is 0 Å². The van der Waals surface area contributed by atoms with Gasteiger partial charge >= 0.3 is 0 Å². The number of thioether (sulfide) groups is 1. The van der Waals surface area contributed by atoms with Crippen molar-refractivity contribution in [3.8, 4) is 11.4 Å². The molecule has 6 heteroatoms. The SMILES string of the molecule is C=C(S/C(=C\C)Cc1cccc(-n2cccn2)c1)N1CCc2ccc(-n3cnc(C)c3)cc2C1. The van der Waals surface area contributed by atoms with E-state index in [0.29, 0.717) is 0 Å². The third-order valence-electron chi connectivity index (χ3n) is 6.19. The van der Waals surface area contributed by atoms with Crippen LogP contribution in [0.4, 0.5) is 0 Å². The lowest BCUT2D eigenvalue weighted by Gasteiger charge is -2.32. The van der Waals surface area contributed by atoms with E-state index in [4.69, 9.17) is 0 Å². The van der Waals surface area contributed by atoms with E-state index in [9.17, 15) is 0 Å². The summed E-state index contributed by atoms with van der Waals surface area (Å²) in [6.07, 6.45) is 11.8. The monoisotopic (exact) mass is 467 g/mol. The van der Waals surface area contributed by atoms with Crippen molar-refractivity contribution in [2.24, 2.45) is 0 Å². The molecule has 0 amide bonds. The number of allylic oxidation sites excluding steroid dienone is 2. The normalized spacial score (nSPS) is 13.7. The average Bonchev–Trinajstić information content (AvgIpc) is 3.55. The number of hydrogen-bond donors (Lipinski definition) is 0. The van der Waals surface area contributed by atoms with Crippen LogP contribution in [0, 0.1) is 6.92 Å². The third kappa shape index (κ3) is 4.87. The van der Waals surface area contributed by atoms with Crippen molar-refractivity contribution in [1.29, 1.82) is 0 Å². The van der Waals surface area contributed by atoms with E-state index in [1.165, 1.54) is 21.6 Å². The largest absolute Gasteiger partial charge is 0.362 e. The highest BCUT2D eigenvalue weighted by atomic mass is 32.2. The van der Waals surface area contributed by atoms with Gasteiger partial charge in [-0.15, -0.1) is 0 Å². The zero-order valence-electron chi connectivity index (χ0n) is 19.7. The average molecular weight is 468 g/mol. The first-order valence-electron chi connectivity index (χ1n) is 11.6. The smallest absolute Gasteiger partial charge is 0.0995 e. The van der Waals surface area contributed by atoms with Gasteiger partial charge in [-0.2, -0.15) is 5.10 Å². The van der Waals surface area contributed by atoms with Crippen molar-refractivity contribution in [2.45, 2.75) is 33.2 Å². The lowest BCUT2D eigenvalue weighted by atomic mass is 9.99. The fourth-order valence-corrected chi connectivity index (χ4v) is 5.27. The van der Waals surface area contributed by atoms with Gasteiger partial charge in [0.2, 0.25) is 0 Å². The molecule has 0 fully saturated rings. The van der Waals surface area contributed by atoms with Crippen LogP contribution in [-0.2, 0) is 19.4 Å². The summed E-state index contributed by atoms with van der Waals surface area (Å²) < 4.78 is 3.99. The van der Waals surface area contributed by atoms with Crippen molar-refractivity contribution in [3.05, 3.63) is 118 Å². The van der Waals surface area contributed by atoms with Crippen LogP contribution in [0.15, 0.2) is 96.0 Å². The summed E-state index contributed by atoms with van der Waals surface area (Å²) in [6, 6.07) is 17.2. The van der Waals surface area contributed by atoms with Crippen molar-refractivity contribution >= 4 is 11.8 Å². The molecule has 0 aliphatic carbocycles. The molecule has 5 rings (SSSR count). The molecule has 0 saturated heterocycles. The molecule has 2 aromatic heterocycles. The summed E-state index contributed by atoms with van der Waals surface area (Å²) >= 11 is 1.78. The molecule has 0 radical (unpaired) electrons. The summed E-state index contributed by atoms with van der Waals surface area (Å²) in [4.78, 5) is 8.07. The predicted molar refractivity (Wildman–Crippen MR) is 140 cm³/mol. The molecule has 0 N–H and O–H groups in total. The second-order valence-corrected chi connectivity index (χ2v) is 9.79. The quantitative estimate of drug-likeness (QED) is 0.330. The third-order valence-corrected chi connectivity index (χ3v) is 7.33. The first kappa shape index (κ1) is 22.3. The van der Waals surface area contributed by atoms with Gasteiger partial charge in [-0.05, 0) is 72.2 Å². The molecule has 0 unspecified atom stereocenters. The number of fused-ring (bicyclic) bond motifs is 1. The van der Waals surface area contributed by atoms with Crippen LogP contribution in [-0.4, -0.2) is 30.8 Å². The van der Waals surface area contributed by atoms with Gasteiger partial charge < -0.3 is 9.47 Å². The molecule has 2 aromatic carbocycles. The van der Waals surface area contributed by atoms with E-state index in [1.54, 1.807) is 18.0 Å². The van der Waals surface area contributed by atoms with Crippen molar-refractivity contribution < 1.29 is 0 Å². The molecule has 1 aliphatic heterocycles. The Morgan fingerprint density at radius 1 is 1.12 bits per heavy atom. The molecule has 3 heterocycles. The summed E-state index contributed by atoms with van der Waals surface area (Å²) in [6.45, 7) is 10.4. The molecule has 1 aliphatic rings. The summed E-state index contributed by atoms with van der Waals surface area (Å²) in [5.74, 6) is 0. The van der Waals surface area contributed by atoms with Crippen LogP contribution in [0.2, 0.25) is 0 Å². The number of aryl methyl sites for hydroxylation is 1. The lowest BCUT2D eigenvalue weighted by Crippen LogP contribution is -2.28. The molecule has 0 bridgehead atoms. The minimum absolute atomic E-state index is 0.879. The van der Waals surface area contributed by atoms with E-state index in [1.807, 2.05) is 30.2 Å². The predicted octanol–water partition coefficient (Wildman–Crippen LogP) is 6.08. The maximum absolute atomic E-state index is 4.44. The van der Waals surface area contributed by atoms with Crippen LogP contribution < -0.4 is 0 Å². The Hall–Kier alpha value is -3.51. The number of hydrogen-bond acceptors (Lipinski definition) is 4. The molecular formula is C28H29N5S.